The average molecular weight is 185 g/mol. The molecule has 0 saturated heterocycles. The SMILES string of the molecule is CCCCCOC(=O)[B]C(C)OC. The molecule has 1 unspecified atom stereocenters. The minimum atomic E-state index is -0.287. The molecule has 4 heteroatoms. The van der Waals surface area contributed by atoms with Crippen LogP contribution in [0.5, 0.6) is 0 Å². The van der Waals surface area contributed by atoms with Gasteiger partial charge >= 0.3 is 0 Å². The molecule has 0 N–H and O–H groups in total. The zero-order valence-corrected chi connectivity index (χ0v) is 8.71. The molecule has 0 aliphatic carbocycles. The van der Waals surface area contributed by atoms with Gasteiger partial charge in [-0.05, 0) is 13.3 Å². The number of methoxy groups -OCH3 is 1. The Balaban J connectivity index is 3.30. The van der Waals surface area contributed by atoms with E-state index in [1.807, 2.05) is 0 Å². The van der Waals surface area contributed by atoms with Crippen molar-refractivity contribution in [3.63, 3.8) is 0 Å². The van der Waals surface area contributed by atoms with E-state index in [-0.39, 0.29) is 11.9 Å². The van der Waals surface area contributed by atoms with Crippen molar-refractivity contribution in [2.75, 3.05) is 13.7 Å². The van der Waals surface area contributed by atoms with Crippen LogP contribution in [0.25, 0.3) is 0 Å². The number of unbranched alkanes of at least 4 members (excludes halogenated alkanes) is 2. The van der Waals surface area contributed by atoms with Crippen molar-refractivity contribution in [3.05, 3.63) is 0 Å². The Morgan fingerprint density at radius 2 is 2.15 bits per heavy atom. The fourth-order valence-corrected chi connectivity index (χ4v) is 0.833. The monoisotopic (exact) mass is 185 g/mol. The highest BCUT2D eigenvalue weighted by molar-refractivity contribution is 6.72. The molecule has 1 atom stereocenters. The first-order chi connectivity index (χ1) is 6.20. The summed E-state index contributed by atoms with van der Waals surface area (Å²) in [7, 11) is 3.00. The first-order valence-electron chi connectivity index (χ1n) is 4.75. The molecule has 0 bridgehead atoms. The van der Waals surface area contributed by atoms with Crippen molar-refractivity contribution < 1.29 is 14.3 Å². The summed E-state index contributed by atoms with van der Waals surface area (Å²) in [6.45, 7) is 4.42. The van der Waals surface area contributed by atoms with Gasteiger partial charge in [0, 0.05) is 13.1 Å². The van der Waals surface area contributed by atoms with Gasteiger partial charge in [0.1, 0.15) is 0 Å². The third kappa shape index (κ3) is 7.84. The van der Waals surface area contributed by atoms with Gasteiger partial charge < -0.3 is 9.47 Å². The standard InChI is InChI=1S/C9H18BO3/c1-4-5-6-7-13-9(11)10-8(2)12-3/h8H,4-7H2,1-3H3. The summed E-state index contributed by atoms with van der Waals surface area (Å²) in [6.07, 6.45) is 3.18. The molecule has 1 radical (unpaired) electrons. The summed E-state index contributed by atoms with van der Waals surface area (Å²) in [5.74, 6) is -0.287. The average Bonchev–Trinajstić information content (AvgIpc) is 2.12. The van der Waals surface area contributed by atoms with Crippen LogP contribution in [0.1, 0.15) is 33.1 Å². The Kier molecular flexibility index (Phi) is 7.79. The third-order valence-electron chi connectivity index (χ3n) is 1.73. The molecule has 0 spiro atoms. The van der Waals surface area contributed by atoms with E-state index in [0.717, 1.165) is 19.3 Å². The van der Waals surface area contributed by atoms with E-state index < -0.39 is 0 Å². The summed E-state index contributed by atoms with van der Waals surface area (Å²) in [5.41, 5.74) is 0. The predicted molar refractivity (Wildman–Crippen MR) is 53.1 cm³/mol. The zero-order valence-electron chi connectivity index (χ0n) is 8.71. The van der Waals surface area contributed by atoms with E-state index in [2.05, 4.69) is 6.92 Å². The molecule has 0 aromatic carbocycles. The molecule has 0 fully saturated rings. The maximum Gasteiger partial charge on any atom is 0.296 e. The maximum atomic E-state index is 11.0. The summed E-state index contributed by atoms with van der Waals surface area (Å²) in [5, 5.41) is 0. The number of carbonyl (C=O) groups is 1. The minimum absolute atomic E-state index is 0.168. The Bertz CT molecular complexity index is 139. The van der Waals surface area contributed by atoms with Crippen molar-refractivity contribution in [1.82, 2.24) is 0 Å². The summed E-state index contributed by atoms with van der Waals surface area (Å²) in [4.78, 5) is 11.0. The van der Waals surface area contributed by atoms with Gasteiger partial charge in [-0.1, -0.05) is 19.8 Å². The van der Waals surface area contributed by atoms with Gasteiger partial charge in [0.2, 0.25) is 5.87 Å². The lowest BCUT2D eigenvalue weighted by atomic mass is 9.72. The van der Waals surface area contributed by atoms with Crippen LogP contribution in [0, 0.1) is 0 Å². The number of rotatable bonds is 7. The molecular weight excluding hydrogens is 167 g/mol. The normalized spacial score (nSPS) is 12.2. The molecule has 0 aliphatic heterocycles. The molecule has 0 aromatic rings. The minimum Gasteiger partial charge on any atom is -0.474 e. The highest BCUT2D eigenvalue weighted by Gasteiger charge is 2.11. The second kappa shape index (κ2) is 8.11. The molecular formula is C9H18BO3. The second-order valence-electron chi connectivity index (χ2n) is 2.98. The maximum absolute atomic E-state index is 11.0. The predicted octanol–water partition coefficient (Wildman–Crippen LogP) is 2.01. The molecule has 13 heavy (non-hydrogen) atoms. The zero-order chi connectivity index (χ0) is 10.1. The van der Waals surface area contributed by atoms with Crippen molar-refractivity contribution in [2.45, 2.75) is 39.1 Å². The van der Waals surface area contributed by atoms with Gasteiger partial charge in [-0.2, -0.15) is 0 Å². The highest BCUT2D eigenvalue weighted by Crippen LogP contribution is 1.95. The van der Waals surface area contributed by atoms with Crippen LogP contribution in [0.4, 0.5) is 4.79 Å². The summed E-state index contributed by atoms with van der Waals surface area (Å²) < 4.78 is 9.83. The van der Waals surface area contributed by atoms with E-state index in [1.54, 1.807) is 14.0 Å². The Morgan fingerprint density at radius 1 is 1.46 bits per heavy atom. The third-order valence-corrected chi connectivity index (χ3v) is 1.73. The lowest BCUT2D eigenvalue weighted by molar-refractivity contribution is 0.157. The van der Waals surface area contributed by atoms with Crippen LogP contribution in [0.15, 0.2) is 0 Å². The summed E-state index contributed by atoms with van der Waals surface area (Å²) >= 11 is 0. The van der Waals surface area contributed by atoms with Crippen LogP contribution in [-0.2, 0) is 9.47 Å². The van der Waals surface area contributed by atoms with Crippen LogP contribution < -0.4 is 0 Å². The fourth-order valence-electron chi connectivity index (χ4n) is 0.833. The fraction of sp³-hybridized carbons (Fsp3) is 0.889. The topological polar surface area (TPSA) is 35.5 Å². The molecule has 0 amide bonds. The lowest BCUT2D eigenvalue weighted by Gasteiger charge is -2.07. The molecule has 0 saturated carbocycles. The number of carbonyl (C=O) groups excluding carboxylic acids is 1. The largest absolute Gasteiger partial charge is 0.474 e. The smallest absolute Gasteiger partial charge is 0.296 e. The summed E-state index contributed by atoms with van der Waals surface area (Å²) in [6, 6.07) is -0.168. The number of ether oxygens (including phenoxy) is 2. The second-order valence-corrected chi connectivity index (χ2v) is 2.98. The quantitative estimate of drug-likeness (QED) is 0.449. The van der Waals surface area contributed by atoms with Gasteiger partial charge in [-0.3, -0.25) is 4.79 Å². The van der Waals surface area contributed by atoms with Crippen LogP contribution >= 0.6 is 0 Å². The van der Waals surface area contributed by atoms with Crippen molar-refractivity contribution in [1.29, 1.82) is 0 Å². The van der Waals surface area contributed by atoms with Gasteiger partial charge in [-0.25, -0.2) is 0 Å². The van der Waals surface area contributed by atoms with E-state index >= 15 is 0 Å². The van der Waals surface area contributed by atoms with Gasteiger partial charge in [-0.15, -0.1) is 0 Å². The first kappa shape index (κ1) is 12.5. The van der Waals surface area contributed by atoms with Gasteiger partial charge in [0.25, 0.3) is 7.28 Å². The Morgan fingerprint density at radius 3 is 2.69 bits per heavy atom. The Hall–Kier alpha value is -0.505. The first-order valence-corrected chi connectivity index (χ1v) is 4.75. The van der Waals surface area contributed by atoms with Crippen LogP contribution in [0.3, 0.4) is 0 Å². The molecule has 3 nitrogen and oxygen atoms in total. The van der Waals surface area contributed by atoms with Gasteiger partial charge in [0.15, 0.2) is 0 Å². The molecule has 0 aromatic heterocycles. The van der Waals surface area contributed by atoms with Crippen LogP contribution in [0.2, 0.25) is 0 Å². The Labute approximate surface area is 81.0 Å². The molecule has 75 valence electrons. The van der Waals surface area contributed by atoms with Crippen molar-refractivity contribution >= 4 is 13.1 Å². The number of hydrogen-bond donors (Lipinski definition) is 0. The lowest BCUT2D eigenvalue weighted by Crippen LogP contribution is -2.24. The van der Waals surface area contributed by atoms with Gasteiger partial charge in [0.05, 0.1) is 6.61 Å². The van der Waals surface area contributed by atoms with Crippen molar-refractivity contribution in [2.24, 2.45) is 0 Å². The van der Waals surface area contributed by atoms with Crippen LogP contribution in [-0.4, -0.2) is 32.9 Å². The van der Waals surface area contributed by atoms with E-state index in [1.165, 1.54) is 7.28 Å². The molecule has 0 aliphatic rings. The molecule has 0 heterocycles. The van der Waals surface area contributed by atoms with E-state index in [0.29, 0.717) is 6.61 Å². The van der Waals surface area contributed by atoms with E-state index in [9.17, 15) is 4.79 Å². The van der Waals surface area contributed by atoms with E-state index in [4.69, 9.17) is 9.47 Å². The number of hydrogen-bond acceptors (Lipinski definition) is 3. The highest BCUT2D eigenvalue weighted by atomic mass is 16.5. The van der Waals surface area contributed by atoms with Crippen molar-refractivity contribution in [3.8, 4) is 0 Å². The molecule has 0 rings (SSSR count).